The maximum absolute atomic E-state index is 13.4. The van der Waals surface area contributed by atoms with Crippen molar-refractivity contribution in [3.05, 3.63) is 120 Å². The van der Waals surface area contributed by atoms with Gasteiger partial charge in [0, 0.05) is 42.1 Å². The lowest BCUT2D eigenvalue weighted by Crippen LogP contribution is -2.27. The van der Waals surface area contributed by atoms with Gasteiger partial charge in [0.05, 0.1) is 36.1 Å². The Bertz CT molecular complexity index is 2130. The van der Waals surface area contributed by atoms with Gasteiger partial charge in [-0.15, -0.1) is 0 Å². The predicted octanol–water partition coefficient (Wildman–Crippen LogP) is 6.85. The van der Waals surface area contributed by atoms with E-state index < -0.39 is 6.03 Å². The van der Waals surface area contributed by atoms with Crippen LogP contribution in [0.15, 0.2) is 104 Å². The lowest BCUT2D eigenvalue weighted by Gasteiger charge is -2.15. The number of fused-ring (bicyclic) bond motifs is 1. The molecule has 3 amide bonds. The van der Waals surface area contributed by atoms with Gasteiger partial charge in [-0.2, -0.15) is 5.10 Å². The third-order valence-electron chi connectivity index (χ3n) is 7.80. The molecule has 6 rings (SSSR count). The molecule has 3 aromatic heterocycles. The van der Waals surface area contributed by atoms with Gasteiger partial charge < -0.3 is 25.4 Å². The van der Waals surface area contributed by atoms with Crippen molar-refractivity contribution in [1.82, 2.24) is 30.0 Å². The number of nitrogens with one attached hydrogen (secondary N) is 4. The van der Waals surface area contributed by atoms with E-state index in [9.17, 15) is 9.59 Å². The van der Waals surface area contributed by atoms with Crippen molar-refractivity contribution >= 4 is 45.9 Å². The number of para-hydroxylation sites is 1. The van der Waals surface area contributed by atoms with Crippen LogP contribution in [0.4, 0.5) is 27.9 Å². The Morgan fingerprint density at radius 3 is 2.35 bits per heavy atom. The Labute approximate surface area is 295 Å². The number of anilines is 4. The smallest absolute Gasteiger partial charge is 0.324 e. The Kier molecular flexibility index (Phi) is 10.5. The zero-order chi connectivity index (χ0) is 35.8. The molecule has 0 saturated carbocycles. The van der Waals surface area contributed by atoms with Crippen LogP contribution in [0, 0.1) is 0 Å². The Balaban J connectivity index is 1.12. The van der Waals surface area contributed by atoms with Crippen LogP contribution in [0.2, 0.25) is 0 Å². The number of nitrogens with zero attached hydrogens (tertiary/aromatic N) is 5. The Hall–Kier alpha value is -6.34. The topological polar surface area (TPSA) is 157 Å². The molecule has 260 valence electrons. The molecule has 0 bridgehead atoms. The number of amides is 3. The first-order chi connectivity index (χ1) is 24.7. The largest absolute Gasteiger partial charge is 0.488 e. The quantitative estimate of drug-likeness (QED) is 0.101. The van der Waals surface area contributed by atoms with Crippen molar-refractivity contribution in [3.63, 3.8) is 0 Å². The molecule has 13 nitrogen and oxygen atoms in total. The molecule has 0 atom stereocenters. The zero-order valence-electron chi connectivity index (χ0n) is 28.8. The van der Waals surface area contributed by atoms with Crippen LogP contribution in [0.3, 0.4) is 0 Å². The van der Waals surface area contributed by atoms with Crippen molar-refractivity contribution in [1.29, 1.82) is 0 Å². The number of hydrogen-bond acceptors (Lipinski definition) is 9. The van der Waals surface area contributed by atoms with Gasteiger partial charge in [-0.1, -0.05) is 63.2 Å². The summed E-state index contributed by atoms with van der Waals surface area (Å²) in [5.41, 5.74) is 3.19. The first kappa shape index (κ1) is 34.5. The van der Waals surface area contributed by atoms with Gasteiger partial charge in [0.15, 0.2) is 0 Å². The van der Waals surface area contributed by atoms with Crippen LogP contribution in [0.1, 0.15) is 42.5 Å². The fourth-order valence-electron chi connectivity index (χ4n) is 5.17. The highest BCUT2D eigenvalue weighted by molar-refractivity contribution is 6.07. The summed E-state index contributed by atoms with van der Waals surface area (Å²) in [6, 6.07) is 26.3. The van der Waals surface area contributed by atoms with E-state index in [4.69, 9.17) is 14.6 Å². The van der Waals surface area contributed by atoms with Crippen molar-refractivity contribution in [3.8, 4) is 11.4 Å². The van der Waals surface area contributed by atoms with E-state index in [-0.39, 0.29) is 23.6 Å². The normalized spacial score (nSPS) is 11.2. The maximum atomic E-state index is 13.4. The van der Waals surface area contributed by atoms with Gasteiger partial charge in [0.2, 0.25) is 0 Å². The molecule has 51 heavy (non-hydrogen) atoms. The first-order valence-corrected chi connectivity index (χ1v) is 16.4. The summed E-state index contributed by atoms with van der Waals surface area (Å²) >= 11 is 0. The standard InChI is InChI=1S/C38H39N9O4/c1-38(2,3)32-21-35(47(46-32)26-10-6-5-7-11-26)45-37(49)43-29-14-15-31(28-13-9-8-12-27(28)29)51-24-25-16-17-39-33(20-25)44-34-23-41-30(22-42-34)36(48)40-18-19-50-4/h5-17,20-23H,18-19,24H2,1-4H3,(H,40,48)(H,39,42,44)(H2,43,45,49). The molecule has 0 unspecified atom stereocenters. The summed E-state index contributed by atoms with van der Waals surface area (Å²) < 4.78 is 13.0. The molecule has 0 radical (unpaired) electrons. The number of carbonyl (C=O) groups is 2. The summed E-state index contributed by atoms with van der Waals surface area (Å²) in [7, 11) is 1.57. The summed E-state index contributed by atoms with van der Waals surface area (Å²) in [6.07, 6.45) is 4.54. The number of pyridine rings is 1. The number of carbonyl (C=O) groups excluding carboxylic acids is 2. The lowest BCUT2D eigenvalue weighted by atomic mass is 9.92. The third kappa shape index (κ3) is 8.64. The van der Waals surface area contributed by atoms with E-state index >= 15 is 0 Å². The van der Waals surface area contributed by atoms with Crippen molar-refractivity contribution in [2.45, 2.75) is 32.8 Å². The fraction of sp³-hybridized carbons (Fsp3) is 0.211. The minimum absolute atomic E-state index is 0.200. The molecule has 0 fully saturated rings. The van der Waals surface area contributed by atoms with E-state index in [0.717, 1.165) is 27.7 Å². The molecule has 0 spiro atoms. The molecular formula is C38H39N9O4. The fourth-order valence-corrected chi connectivity index (χ4v) is 5.17. The van der Waals surface area contributed by atoms with E-state index in [1.54, 1.807) is 18.0 Å². The summed E-state index contributed by atoms with van der Waals surface area (Å²) in [5, 5.41) is 18.3. The number of benzene rings is 3. The average Bonchev–Trinajstić information content (AvgIpc) is 3.56. The number of rotatable bonds is 12. The second-order valence-corrected chi connectivity index (χ2v) is 12.6. The maximum Gasteiger partial charge on any atom is 0.324 e. The highest BCUT2D eigenvalue weighted by atomic mass is 16.5. The molecule has 0 aliphatic rings. The third-order valence-corrected chi connectivity index (χ3v) is 7.80. The predicted molar refractivity (Wildman–Crippen MR) is 197 cm³/mol. The molecule has 0 saturated heterocycles. The van der Waals surface area contributed by atoms with Gasteiger partial charge in [-0.3, -0.25) is 10.1 Å². The monoisotopic (exact) mass is 685 g/mol. The van der Waals surface area contributed by atoms with Gasteiger partial charge in [0.1, 0.15) is 35.5 Å². The molecule has 3 heterocycles. The summed E-state index contributed by atoms with van der Waals surface area (Å²) in [6.45, 7) is 7.30. The van der Waals surface area contributed by atoms with Gasteiger partial charge >= 0.3 is 6.03 Å². The number of hydrogen-bond donors (Lipinski definition) is 4. The molecule has 13 heteroatoms. The first-order valence-electron chi connectivity index (χ1n) is 16.4. The summed E-state index contributed by atoms with van der Waals surface area (Å²) in [4.78, 5) is 38.4. The number of methoxy groups -OCH3 is 1. The van der Waals surface area contributed by atoms with Crippen LogP contribution < -0.4 is 26.0 Å². The zero-order valence-corrected chi connectivity index (χ0v) is 28.8. The van der Waals surface area contributed by atoms with E-state index in [2.05, 4.69) is 57.0 Å². The number of urea groups is 1. The number of ether oxygens (including phenoxy) is 2. The van der Waals surface area contributed by atoms with Crippen LogP contribution in [0.5, 0.6) is 5.75 Å². The SMILES string of the molecule is COCCNC(=O)c1cnc(Nc2cc(COc3ccc(NC(=O)Nc4cc(C(C)(C)C)nn4-c4ccccc4)c4ccccc34)ccn2)cn1. The second kappa shape index (κ2) is 15.5. The minimum atomic E-state index is -0.396. The van der Waals surface area contributed by atoms with Crippen molar-refractivity contribution < 1.29 is 19.1 Å². The Morgan fingerprint density at radius 1 is 0.824 bits per heavy atom. The lowest BCUT2D eigenvalue weighted by molar-refractivity contribution is 0.0931. The van der Waals surface area contributed by atoms with Crippen LogP contribution in [-0.2, 0) is 16.8 Å². The van der Waals surface area contributed by atoms with E-state index in [0.29, 0.717) is 42.0 Å². The van der Waals surface area contributed by atoms with E-state index in [1.165, 1.54) is 12.4 Å². The minimum Gasteiger partial charge on any atom is -0.488 e. The van der Waals surface area contributed by atoms with E-state index in [1.807, 2.05) is 84.9 Å². The highest BCUT2D eigenvalue weighted by Crippen LogP contribution is 2.33. The van der Waals surface area contributed by atoms with Crippen molar-refractivity contribution in [2.24, 2.45) is 0 Å². The summed E-state index contributed by atoms with van der Waals surface area (Å²) in [5.74, 6) is 1.87. The van der Waals surface area contributed by atoms with Crippen LogP contribution >= 0.6 is 0 Å². The van der Waals surface area contributed by atoms with Crippen LogP contribution in [-0.4, -0.2) is 56.9 Å². The van der Waals surface area contributed by atoms with Gasteiger partial charge in [0.25, 0.3) is 5.91 Å². The molecule has 6 aromatic rings. The van der Waals surface area contributed by atoms with Crippen LogP contribution in [0.25, 0.3) is 16.5 Å². The molecule has 0 aliphatic carbocycles. The Morgan fingerprint density at radius 2 is 1.61 bits per heavy atom. The molecular weight excluding hydrogens is 646 g/mol. The average molecular weight is 686 g/mol. The molecule has 4 N–H and O–H groups in total. The molecule has 0 aliphatic heterocycles. The second-order valence-electron chi connectivity index (χ2n) is 12.6. The van der Waals surface area contributed by atoms with Crippen molar-refractivity contribution in [2.75, 3.05) is 36.2 Å². The molecule has 3 aromatic carbocycles. The van der Waals surface area contributed by atoms with Gasteiger partial charge in [-0.25, -0.2) is 24.4 Å². The highest BCUT2D eigenvalue weighted by Gasteiger charge is 2.22. The number of aromatic nitrogens is 5. The van der Waals surface area contributed by atoms with Gasteiger partial charge in [-0.05, 0) is 42.0 Å².